The van der Waals surface area contributed by atoms with Crippen molar-refractivity contribution in [3.8, 4) is 5.69 Å². The summed E-state index contributed by atoms with van der Waals surface area (Å²) >= 11 is 0. The molecule has 1 aromatic carbocycles. The fraction of sp³-hybridized carbons (Fsp3) is 0. The maximum Gasteiger partial charge on any atom is 0.103 e. The second-order valence-corrected chi connectivity index (χ2v) is 3.07. The molecule has 0 unspecified atom stereocenters. The van der Waals surface area contributed by atoms with Crippen molar-refractivity contribution in [2.75, 3.05) is 0 Å². The van der Waals surface area contributed by atoms with Crippen LogP contribution in [0.5, 0.6) is 0 Å². The molecule has 0 aliphatic carbocycles. The number of hydrogen-bond acceptors (Lipinski definition) is 2. The Labute approximate surface area is 92.3 Å². The highest BCUT2D eigenvalue weighted by atomic mass is 35.5. The van der Waals surface area contributed by atoms with Gasteiger partial charge >= 0.3 is 0 Å². The highest BCUT2D eigenvalue weighted by molar-refractivity contribution is 5.85. The first-order valence-corrected chi connectivity index (χ1v) is 4.37. The molecule has 2 aromatic heterocycles. The van der Waals surface area contributed by atoms with Crippen LogP contribution in [0, 0.1) is 0 Å². The molecule has 1 N–H and O–H groups in total. The van der Waals surface area contributed by atoms with Crippen molar-refractivity contribution >= 4 is 23.3 Å². The average molecular weight is 221 g/mol. The second kappa shape index (κ2) is 3.74. The van der Waals surface area contributed by atoms with E-state index in [-0.39, 0.29) is 12.4 Å². The molecule has 0 fully saturated rings. The molecule has 0 saturated carbocycles. The molecule has 0 atom stereocenters. The second-order valence-electron chi connectivity index (χ2n) is 3.07. The van der Waals surface area contributed by atoms with Crippen LogP contribution in [0.4, 0.5) is 0 Å². The minimum Gasteiger partial charge on any atom is -0.283 e. The molecule has 0 spiro atoms. The number of rotatable bonds is 1. The summed E-state index contributed by atoms with van der Waals surface area (Å²) in [6.07, 6.45) is 5.42. The van der Waals surface area contributed by atoms with Crippen molar-refractivity contribution in [1.82, 2.24) is 20.0 Å². The third kappa shape index (κ3) is 1.49. The maximum absolute atomic E-state index is 4.29. The fourth-order valence-corrected chi connectivity index (χ4v) is 1.54. The first kappa shape index (κ1) is 9.73. The minimum absolute atomic E-state index is 0. The molecule has 0 aliphatic rings. The van der Waals surface area contributed by atoms with E-state index in [1.165, 1.54) is 0 Å². The van der Waals surface area contributed by atoms with Gasteiger partial charge in [0.05, 0.1) is 17.9 Å². The van der Waals surface area contributed by atoms with Gasteiger partial charge in [0, 0.05) is 11.6 Å². The number of benzene rings is 1. The van der Waals surface area contributed by atoms with Gasteiger partial charge in [-0.15, -0.1) is 12.4 Å². The predicted molar refractivity (Wildman–Crippen MR) is 60.5 cm³/mol. The summed E-state index contributed by atoms with van der Waals surface area (Å²) in [6, 6.07) is 8.08. The molecule has 76 valence electrons. The fourth-order valence-electron chi connectivity index (χ4n) is 1.54. The monoisotopic (exact) mass is 220 g/mol. The van der Waals surface area contributed by atoms with E-state index in [1.807, 2.05) is 41.3 Å². The maximum atomic E-state index is 4.29. The van der Waals surface area contributed by atoms with Crippen LogP contribution in [0.1, 0.15) is 0 Å². The number of H-pyrrole nitrogens is 1. The van der Waals surface area contributed by atoms with E-state index in [0.29, 0.717) is 0 Å². The lowest BCUT2D eigenvalue weighted by molar-refractivity contribution is 0.912. The van der Waals surface area contributed by atoms with E-state index in [2.05, 4.69) is 15.3 Å². The predicted octanol–water partition coefficient (Wildman–Crippen LogP) is 2.17. The Morgan fingerprint density at radius 1 is 1.13 bits per heavy atom. The number of nitrogens with zero attached hydrogens (tertiary/aromatic N) is 3. The summed E-state index contributed by atoms with van der Waals surface area (Å²) in [7, 11) is 0. The Morgan fingerprint density at radius 3 is 2.80 bits per heavy atom. The van der Waals surface area contributed by atoms with E-state index < -0.39 is 0 Å². The highest BCUT2D eigenvalue weighted by Gasteiger charge is 2.03. The normalized spacial score (nSPS) is 10.1. The molecule has 5 heteroatoms. The molecule has 2 heterocycles. The zero-order valence-corrected chi connectivity index (χ0v) is 8.61. The van der Waals surface area contributed by atoms with Crippen LogP contribution in [0.3, 0.4) is 0 Å². The van der Waals surface area contributed by atoms with Crippen LogP contribution >= 0.6 is 12.4 Å². The van der Waals surface area contributed by atoms with Crippen LogP contribution in [0.25, 0.3) is 16.6 Å². The lowest BCUT2D eigenvalue weighted by atomic mass is 10.2. The molecule has 0 saturated heterocycles. The smallest absolute Gasteiger partial charge is 0.103 e. The molecule has 15 heavy (non-hydrogen) atoms. The first-order chi connectivity index (χ1) is 6.95. The van der Waals surface area contributed by atoms with Crippen LogP contribution < -0.4 is 0 Å². The van der Waals surface area contributed by atoms with Crippen LogP contribution in [0.15, 0.2) is 42.9 Å². The third-order valence-corrected chi connectivity index (χ3v) is 2.21. The SMILES string of the molecule is Cl.c1ccc2c(c1)cnn2-c1cn[nH]c1. The number of nitrogens with one attached hydrogen (secondary N) is 1. The van der Waals surface area contributed by atoms with Crippen LogP contribution in [0.2, 0.25) is 0 Å². The quantitative estimate of drug-likeness (QED) is 0.683. The molecule has 3 aromatic rings. The van der Waals surface area contributed by atoms with E-state index in [9.17, 15) is 0 Å². The molecule has 0 amide bonds. The lowest BCUT2D eigenvalue weighted by Crippen LogP contribution is -1.92. The van der Waals surface area contributed by atoms with Gasteiger partial charge in [-0.1, -0.05) is 18.2 Å². The standard InChI is InChI=1S/C10H8N4.ClH/c1-2-4-10-8(3-1)5-13-14(10)9-6-11-12-7-9;/h1-7H,(H,11,12);1H. The van der Waals surface area contributed by atoms with Crippen molar-refractivity contribution in [3.05, 3.63) is 42.9 Å². The van der Waals surface area contributed by atoms with Gasteiger partial charge in [-0.25, -0.2) is 4.68 Å². The molecule has 4 nitrogen and oxygen atoms in total. The molecule has 3 rings (SSSR count). The van der Waals surface area contributed by atoms with Gasteiger partial charge in [0.15, 0.2) is 0 Å². The average Bonchev–Trinajstić information content (AvgIpc) is 2.85. The minimum atomic E-state index is 0. The van der Waals surface area contributed by atoms with Crippen molar-refractivity contribution in [1.29, 1.82) is 0 Å². The highest BCUT2D eigenvalue weighted by Crippen LogP contribution is 2.16. The largest absolute Gasteiger partial charge is 0.283 e. The number of aromatic nitrogens is 4. The topological polar surface area (TPSA) is 46.5 Å². The molecular weight excluding hydrogens is 212 g/mol. The molecule has 0 radical (unpaired) electrons. The zero-order valence-electron chi connectivity index (χ0n) is 7.79. The van der Waals surface area contributed by atoms with Crippen molar-refractivity contribution in [3.63, 3.8) is 0 Å². The molecule has 0 bridgehead atoms. The lowest BCUT2D eigenvalue weighted by Gasteiger charge is -1.97. The number of hydrogen-bond donors (Lipinski definition) is 1. The number of para-hydroxylation sites is 1. The van der Waals surface area contributed by atoms with E-state index in [4.69, 9.17) is 0 Å². The summed E-state index contributed by atoms with van der Waals surface area (Å²) in [5.41, 5.74) is 2.04. The Balaban J connectivity index is 0.000000853. The van der Waals surface area contributed by atoms with Gasteiger partial charge in [0.2, 0.25) is 0 Å². The first-order valence-electron chi connectivity index (χ1n) is 4.37. The Bertz CT molecular complexity index is 556. The summed E-state index contributed by atoms with van der Waals surface area (Å²) in [4.78, 5) is 0. The van der Waals surface area contributed by atoms with Gasteiger partial charge in [-0.3, -0.25) is 5.10 Å². The van der Waals surface area contributed by atoms with E-state index in [0.717, 1.165) is 16.6 Å². The van der Waals surface area contributed by atoms with Crippen LogP contribution in [-0.4, -0.2) is 20.0 Å². The Morgan fingerprint density at radius 2 is 2.00 bits per heavy atom. The van der Waals surface area contributed by atoms with Gasteiger partial charge in [-0.2, -0.15) is 10.2 Å². The van der Waals surface area contributed by atoms with Gasteiger partial charge in [-0.05, 0) is 6.07 Å². The summed E-state index contributed by atoms with van der Waals surface area (Å²) in [6.45, 7) is 0. The summed E-state index contributed by atoms with van der Waals surface area (Å²) in [5, 5.41) is 12.1. The Kier molecular flexibility index (Phi) is 2.43. The Hall–Kier alpha value is -1.81. The van der Waals surface area contributed by atoms with Gasteiger partial charge in [0.25, 0.3) is 0 Å². The van der Waals surface area contributed by atoms with Gasteiger partial charge < -0.3 is 0 Å². The zero-order chi connectivity index (χ0) is 9.38. The molecular formula is C10H9ClN4. The number of halogens is 1. The van der Waals surface area contributed by atoms with Crippen molar-refractivity contribution in [2.24, 2.45) is 0 Å². The number of fused-ring (bicyclic) bond motifs is 1. The third-order valence-electron chi connectivity index (χ3n) is 2.21. The van der Waals surface area contributed by atoms with E-state index >= 15 is 0 Å². The molecule has 0 aliphatic heterocycles. The van der Waals surface area contributed by atoms with Crippen molar-refractivity contribution in [2.45, 2.75) is 0 Å². The van der Waals surface area contributed by atoms with Gasteiger partial charge in [0.1, 0.15) is 5.69 Å². The van der Waals surface area contributed by atoms with E-state index in [1.54, 1.807) is 6.20 Å². The summed E-state index contributed by atoms with van der Waals surface area (Å²) < 4.78 is 1.86. The number of aromatic amines is 1. The summed E-state index contributed by atoms with van der Waals surface area (Å²) in [5.74, 6) is 0. The van der Waals surface area contributed by atoms with Crippen LogP contribution in [-0.2, 0) is 0 Å². The van der Waals surface area contributed by atoms with Crippen molar-refractivity contribution < 1.29 is 0 Å².